The van der Waals surface area contributed by atoms with Crippen LogP contribution in [0.4, 0.5) is 4.79 Å². The van der Waals surface area contributed by atoms with E-state index in [2.05, 4.69) is 9.08 Å². The van der Waals surface area contributed by atoms with Gasteiger partial charge in [0.2, 0.25) is 0 Å². The predicted molar refractivity (Wildman–Crippen MR) is 93.7 cm³/mol. The van der Waals surface area contributed by atoms with Crippen LogP contribution in [-0.2, 0) is 14.7 Å². The van der Waals surface area contributed by atoms with E-state index in [9.17, 15) is 13.8 Å². The normalized spacial score (nSPS) is 15.3. The number of rotatable bonds is 5. The Hall–Kier alpha value is -1.49. The number of nitrogens with one attached hydrogen (secondary N) is 1. The SMILES string of the molecule is CC(C)C[C@H](N)C(=O)N=S(=O)(NC(N)=O)c1csc2ccsc12. The van der Waals surface area contributed by atoms with Gasteiger partial charge < -0.3 is 11.5 Å². The molecule has 0 aromatic carbocycles. The molecule has 126 valence electrons. The minimum Gasteiger partial charge on any atom is -0.351 e. The Kier molecular flexibility index (Phi) is 5.40. The van der Waals surface area contributed by atoms with Crippen LogP contribution < -0.4 is 16.2 Å². The van der Waals surface area contributed by atoms with Gasteiger partial charge in [0.1, 0.15) is 0 Å². The number of primary amides is 1. The van der Waals surface area contributed by atoms with E-state index in [1.807, 2.05) is 25.3 Å². The summed E-state index contributed by atoms with van der Waals surface area (Å²) >= 11 is 2.71. The van der Waals surface area contributed by atoms with E-state index in [0.29, 0.717) is 11.1 Å². The van der Waals surface area contributed by atoms with E-state index < -0.39 is 27.9 Å². The average Bonchev–Trinajstić information content (AvgIpc) is 2.98. The van der Waals surface area contributed by atoms with Crippen LogP contribution in [-0.4, -0.2) is 22.2 Å². The van der Waals surface area contributed by atoms with E-state index in [4.69, 9.17) is 11.5 Å². The van der Waals surface area contributed by atoms with Crippen molar-refractivity contribution >= 4 is 53.9 Å². The molecule has 7 nitrogen and oxygen atoms in total. The maximum atomic E-state index is 13.1. The van der Waals surface area contributed by atoms with Crippen molar-refractivity contribution in [3.63, 3.8) is 0 Å². The fourth-order valence-corrected chi connectivity index (χ4v) is 6.35. The van der Waals surface area contributed by atoms with Crippen LogP contribution >= 0.6 is 22.7 Å². The number of hydrogen-bond acceptors (Lipinski definition) is 6. The molecule has 5 N–H and O–H groups in total. The maximum Gasteiger partial charge on any atom is 0.324 e. The van der Waals surface area contributed by atoms with Gasteiger partial charge >= 0.3 is 6.03 Å². The van der Waals surface area contributed by atoms with Crippen molar-refractivity contribution in [2.24, 2.45) is 21.7 Å². The molecule has 1 unspecified atom stereocenters. The lowest BCUT2D eigenvalue weighted by atomic mass is 10.0. The lowest BCUT2D eigenvalue weighted by Gasteiger charge is -2.13. The first-order valence-corrected chi connectivity index (χ1v) is 10.1. The van der Waals surface area contributed by atoms with E-state index in [-0.39, 0.29) is 10.8 Å². The van der Waals surface area contributed by atoms with Crippen LogP contribution in [0.2, 0.25) is 0 Å². The number of nitrogens with two attached hydrogens (primary N) is 2. The van der Waals surface area contributed by atoms with Crippen LogP contribution in [0.1, 0.15) is 20.3 Å². The highest BCUT2D eigenvalue weighted by molar-refractivity contribution is 7.93. The van der Waals surface area contributed by atoms with Gasteiger partial charge in [0.15, 0.2) is 9.92 Å². The zero-order valence-corrected chi connectivity index (χ0v) is 15.1. The number of amides is 3. The number of carbonyl (C=O) groups excluding carboxylic acids is 2. The van der Waals surface area contributed by atoms with E-state index >= 15 is 0 Å². The second-order valence-corrected chi connectivity index (χ2v) is 9.08. The number of carbonyl (C=O) groups is 2. The smallest absolute Gasteiger partial charge is 0.324 e. The minimum atomic E-state index is -3.51. The molecule has 2 heterocycles. The minimum absolute atomic E-state index is 0.189. The molecule has 0 spiro atoms. The van der Waals surface area contributed by atoms with Gasteiger partial charge in [-0.15, -0.1) is 27.0 Å². The van der Waals surface area contributed by atoms with Crippen molar-refractivity contribution in [1.29, 1.82) is 0 Å². The van der Waals surface area contributed by atoms with E-state index in [1.165, 1.54) is 22.7 Å². The summed E-state index contributed by atoms with van der Waals surface area (Å²) in [5.74, 6) is -0.525. The number of fused-ring (bicyclic) bond motifs is 1. The highest BCUT2D eigenvalue weighted by atomic mass is 32.2. The highest BCUT2D eigenvalue weighted by Gasteiger charge is 2.24. The standard InChI is InChI=1S/C13H18N4O3S3/c1-7(2)5-8(14)12(18)16-23(20,17-13(15)19)10-6-22-9-3-4-21-11(9)10/h3-4,6-8H,5,14H2,1-2H3,(H3,15,16,17,18,19,20)/t8-,23?/m0/s1. The summed E-state index contributed by atoms with van der Waals surface area (Å²) in [5, 5.41) is 3.45. The van der Waals surface area contributed by atoms with Gasteiger partial charge in [-0.25, -0.2) is 13.7 Å². The van der Waals surface area contributed by atoms with Crippen LogP contribution in [0.3, 0.4) is 0 Å². The van der Waals surface area contributed by atoms with Crippen LogP contribution in [0.15, 0.2) is 26.1 Å². The summed E-state index contributed by atoms with van der Waals surface area (Å²) in [6.07, 6.45) is 0.409. The summed E-state index contributed by atoms with van der Waals surface area (Å²) in [6.45, 7) is 3.83. The maximum absolute atomic E-state index is 13.1. The summed E-state index contributed by atoms with van der Waals surface area (Å²) in [5.41, 5.74) is 10.9. The quantitative estimate of drug-likeness (QED) is 0.741. The topological polar surface area (TPSA) is 128 Å². The van der Waals surface area contributed by atoms with Crippen LogP contribution in [0, 0.1) is 5.92 Å². The monoisotopic (exact) mass is 374 g/mol. The van der Waals surface area contributed by atoms with E-state index in [0.717, 1.165) is 4.70 Å². The molecule has 0 saturated carbocycles. The molecule has 10 heteroatoms. The molecule has 0 fully saturated rings. The molecule has 0 aliphatic heterocycles. The Morgan fingerprint density at radius 1 is 1.39 bits per heavy atom. The lowest BCUT2D eigenvalue weighted by molar-refractivity contribution is -0.119. The molecule has 2 rings (SSSR count). The van der Waals surface area contributed by atoms with Crippen LogP contribution in [0.25, 0.3) is 9.40 Å². The van der Waals surface area contributed by atoms with Gasteiger partial charge in [-0.1, -0.05) is 13.8 Å². The second-order valence-electron chi connectivity index (χ2n) is 5.37. The van der Waals surface area contributed by atoms with Crippen molar-refractivity contribution in [1.82, 2.24) is 4.72 Å². The van der Waals surface area contributed by atoms with Gasteiger partial charge in [-0.2, -0.15) is 0 Å². The molecular weight excluding hydrogens is 356 g/mol. The molecular formula is C13H18N4O3S3. The lowest BCUT2D eigenvalue weighted by Crippen LogP contribution is -2.37. The second kappa shape index (κ2) is 6.95. The number of urea groups is 1. The van der Waals surface area contributed by atoms with Crippen molar-refractivity contribution in [3.05, 3.63) is 16.8 Å². The molecule has 0 aliphatic rings. The van der Waals surface area contributed by atoms with Gasteiger partial charge in [0.05, 0.1) is 15.6 Å². The Morgan fingerprint density at radius 2 is 2.09 bits per heavy atom. The van der Waals surface area contributed by atoms with Crippen LogP contribution in [0.5, 0.6) is 0 Å². The third kappa shape index (κ3) is 4.08. The molecule has 3 amide bonds. The first kappa shape index (κ1) is 17.9. The Labute approximate surface area is 142 Å². The third-order valence-electron chi connectivity index (χ3n) is 2.94. The van der Waals surface area contributed by atoms with Crippen molar-refractivity contribution in [2.45, 2.75) is 31.2 Å². The molecule has 0 saturated heterocycles. The summed E-state index contributed by atoms with van der Waals surface area (Å²) < 4.78 is 20.6. The summed E-state index contributed by atoms with van der Waals surface area (Å²) in [4.78, 5) is 23.7. The first-order chi connectivity index (χ1) is 10.7. The van der Waals surface area contributed by atoms with Gasteiger partial charge in [-0.05, 0) is 23.8 Å². The molecule has 0 radical (unpaired) electrons. The number of thiophene rings is 2. The Balaban J connectivity index is 2.50. The highest BCUT2D eigenvalue weighted by Crippen LogP contribution is 2.34. The zero-order valence-electron chi connectivity index (χ0n) is 12.6. The zero-order chi connectivity index (χ0) is 17.2. The molecule has 2 atom stereocenters. The van der Waals surface area contributed by atoms with Crippen molar-refractivity contribution in [3.8, 4) is 0 Å². The van der Waals surface area contributed by atoms with Crippen molar-refractivity contribution in [2.75, 3.05) is 0 Å². The molecule has 23 heavy (non-hydrogen) atoms. The largest absolute Gasteiger partial charge is 0.351 e. The molecule has 0 bridgehead atoms. The average molecular weight is 375 g/mol. The van der Waals surface area contributed by atoms with Gasteiger partial charge in [-0.3, -0.25) is 4.79 Å². The molecule has 0 aliphatic carbocycles. The van der Waals surface area contributed by atoms with Gasteiger partial charge in [0, 0.05) is 10.1 Å². The Bertz CT molecular complexity index is 846. The Morgan fingerprint density at radius 3 is 2.70 bits per heavy atom. The first-order valence-electron chi connectivity index (χ1n) is 6.81. The number of nitrogens with zero attached hydrogens (tertiary/aromatic N) is 1. The van der Waals surface area contributed by atoms with Gasteiger partial charge in [0.25, 0.3) is 5.91 Å². The third-order valence-corrected chi connectivity index (χ3v) is 7.08. The van der Waals surface area contributed by atoms with Crippen molar-refractivity contribution < 1.29 is 13.8 Å². The summed E-state index contributed by atoms with van der Waals surface area (Å²) in [7, 11) is -3.51. The fraction of sp³-hybridized carbons (Fsp3) is 0.385. The summed E-state index contributed by atoms with van der Waals surface area (Å²) in [6, 6.07) is -0.0206. The molecule has 2 aromatic heterocycles. The fourth-order valence-electron chi connectivity index (χ4n) is 2.00. The van der Waals surface area contributed by atoms with E-state index in [1.54, 1.807) is 5.38 Å². The molecule has 2 aromatic rings. The predicted octanol–water partition coefficient (Wildman–Crippen LogP) is 2.27. The number of hydrogen-bond donors (Lipinski definition) is 3.